The smallest absolute Gasteiger partial charge is 0.266 e. The van der Waals surface area contributed by atoms with Gasteiger partial charge in [-0.15, -0.1) is 0 Å². The molecule has 29 heavy (non-hydrogen) atoms. The van der Waals surface area contributed by atoms with E-state index in [1.807, 2.05) is 38.1 Å². The summed E-state index contributed by atoms with van der Waals surface area (Å²) in [7, 11) is 1.49. The van der Waals surface area contributed by atoms with Crippen LogP contribution in [0.3, 0.4) is 0 Å². The molecule has 1 saturated heterocycles. The monoisotopic (exact) mass is 412 g/mol. The predicted octanol–water partition coefficient (Wildman–Crippen LogP) is 4.81. The minimum atomic E-state index is -0.0754. The number of benzene rings is 2. The SMILES string of the molecule is CCCN1C(=O)C(=Cc2ccc(O)c(OC)c2)SC1=Nc1ccc(OCC)cc1. The number of rotatable bonds is 7. The third-order valence-corrected chi connectivity index (χ3v) is 5.22. The topological polar surface area (TPSA) is 71.4 Å². The van der Waals surface area contributed by atoms with Crippen molar-refractivity contribution in [2.75, 3.05) is 20.3 Å². The van der Waals surface area contributed by atoms with Gasteiger partial charge in [0.2, 0.25) is 0 Å². The van der Waals surface area contributed by atoms with E-state index in [2.05, 4.69) is 4.99 Å². The molecule has 6 nitrogen and oxygen atoms in total. The zero-order valence-corrected chi connectivity index (χ0v) is 17.5. The number of phenols is 1. The number of thioether (sulfide) groups is 1. The van der Waals surface area contributed by atoms with Crippen molar-refractivity contribution in [1.29, 1.82) is 0 Å². The summed E-state index contributed by atoms with van der Waals surface area (Å²) in [6.07, 6.45) is 2.62. The quantitative estimate of drug-likeness (QED) is 0.661. The fourth-order valence-corrected chi connectivity index (χ4v) is 3.87. The summed E-state index contributed by atoms with van der Waals surface area (Å²) < 4.78 is 10.6. The van der Waals surface area contributed by atoms with Gasteiger partial charge in [-0.1, -0.05) is 13.0 Å². The first kappa shape index (κ1) is 20.8. The van der Waals surface area contributed by atoms with Crippen molar-refractivity contribution in [3.8, 4) is 17.2 Å². The maximum absolute atomic E-state index is 12.9. The minimum Gasteiger partial charge on any atom is -0.504 e. The van der Waals surface area contributed by atoms with Crippen LogP contribution in [0.2, 0.25) is 0 Å². The van der Waals surface area contributed by atoms with E-state index in [1.165, 1.54) is 18.9 Å². The molecule has 7 heteroatoms. The number of hydrogen-bond donors (Lipinski definition) is 1. The zero-order chi connectivity index (χ0) is 20.8. The van der Waals surface area contributed by atoms with Gasteiger partial charge >= 0.3 is 0 Å². The van der Waals surface area contributed by atoms with Gasteiger partial charge in [0.15, 0.2) is 16.7 Å². The van der Waals surface area contributed by atoms with E-state index >= 15 is 0 Å². The highest BCUT2D eigenvalue weighted by Crippen LogP contribution is 2.35. The maximum atomic E-state index is 12.9. The predicted molar refractivity (Wildman–Crippen MR) is 117 cm³/mol. The Bertz CT molecular complexity index is 938. The first-order valence-corrected chi connectivity index (χ1v) is 10.3. The number of nitrogens with zero attached hydrogens (tertiary/aromatic N) is 2. The van der Waals surface area contributed by atoms with Crippen LogP contribution < -0.4 is 9.47 Å². The number of amidine groups is 1. The van der Waals surface area contributed by atoms with Crippen LogP contribution in [0.5, 0.6) is 17.2 Å². The van der Waals surface area contributed by atoms with Crippen LogP contribution in [0.4, 0.5) is 5.69 Å². The molecule has 1 heterocycles. The fraction of sp³-hybridized carbons (Fsp3) is 0.273. The lowest BCUT2D eigenvalue weighted by molar-refractivity contribution is -0.122. The van der Waals surface area contributed by atoms with E-state index in [0.29, 0.717) is 29.0 Å². The molecule has 1 aliphatic rings. The van der Waals surface area contributed by atoms with E-state index in [1.54, 1.807) is 29.2 Å². The Hall–Kier alpha value is -2.93. The van der Waals surface area contributed by atoms with Gasteiger partial charge in [0.05, 0.1) is 24.3 Å². The molecule has 0 bridgehead atoms. The number of aliphatic imine (C=N–C) groups is 1. The van der Waals surface area contributed by atoms with Gasteiger partial charge in [-0.25, -0.2) is 4.99 Å². The minimum absolute atomic E-state index is 0.0606. The standard InChI is InChI=1S/C22H24N2O4S/c1-4-12-24-21(26)20(14-15-6-11-18(25)19(13-15)27-3)29-22(24)23-16-7-9-17(10-8-16)28-5-2/h6-11,13-14,25H,4-5,12H2,1-3H3. The normalized spacial score (nSPS) is 16.7. The highest BCUT2D eigenvalue weighted by Gasteiger charge is 2.32. The molecule has 3 rings (SSSR count). The highest BCUT2D eigenvalue weighted by molar-refractivity contribution is 8.18. The van der Waals surface area contributed by atoms with E-state index < -0.39 is 0 Å². The summed E-state index contributed by atoms with van der Waals surface area (Å²) in [4.78, 5) is 19.9. The number of ether oxygens (including phenoxy) is 2. The van der Waals surface area contributed by atoms with Crippen LogP contribution in [-0.2, 0) is 4.79 Å². The molecule has 1 fully saturated rings. The summed E-state index contributed by atoms with van der Waals surface area (Å²) >= 11 is 1.34. The van der Waals surface area contributed by atoms with Gasteiger partial charge in [-0.2, -0.15) is 0 Å². The molecule has 2 aromatic carbocycles. The van der Waals surface area contributed by atoms with E-state index in [0.717, 1.165) is 23.4 Å². The number of carbonyl (C=O) groups excluding carboxylic acids is 1. The van der Waals surface area contributed by atoms with Gasteiger partial charge in [-0.3, -0.25) is 9.69 Å². The molecule has 152 valence electrons. The average molecular weight is 413 g/mol. The summed E-state index contributed by atoms with van der Waals surface area (Å²) in [5, 5.41) is 10.4. The average Bonchev–Trinajstić information content (AvgIpc) is 3.00. The third-order valence-electron chi connectivity index (χ3n) is 4.21. The lowest BCUT2D eigenvalue weighted by Gasteiger charge is -2.14. The fourth-order valence-electron chi connectivity index (χ4n) is 2.84. The number of phenolic OH excluding ortho intramolecular Hbond substituents is 1. The first-order chi connectivity index (χ1) is 14.0. The Balaban J connectivity index is 1.89. The summed E-state index contributed by atoms with van der Waals surface area (Å²) in [6, 6.07) is 12.5. The highest BCUT2D eigenvalue weighted by atomic mass is 32.2. The second-order valence-corrected chi connectivity index (χ2v) is 7.33. The van der Waals surface area contributed by atoms with Crippen LogP contribution in [0.15, 0.2) is 52.4 Å². The molecule has 1 N–H and O–H groups in total. The lowest BCUT2D eigenvalue weighted by atomic mass is 10.2. The second-order valence-electron chi connectivity index (χ2n) is 6.32. The molecular weight excluding hydrogens is 388 g/mol. The number of aromatic hydroxyl groups is 1. The van der Waals surface area contributed by atoms with E-state index in [4.69, 9.17) is 9.47 Å². The van der Waals surface area contributed by atoms with Crippen LogP contribution in [0.1, 0.15) is 25.8 Å². The van der Waals surface area contributed by atoms with Crippen molar-refractivity contribution in [1.82, 2.24) is 4.90 Å². The van der Waals surface area contributed by atoms with Crippen LogP contribution in [0, 0.1) is 0 Å². The number of hydrogen-bond acceptors (Lipinski definition) is 6. The van der Waals surface area contributed by atoms with Crippen molar-refractivity contribution in [3.05, 3.63) is 52.9 Å². The summed E-state index contributed by atoms with van der Waals surface area (Å²) in [6.45, 7) is 5.17. The maximum Gasteiger partial charge on any atom is 0.266 e. The molecule has 1 amide bonds. The Morgan fingerprint density at radius 1 is 1.17 bits per heavy atom. The van der Waals surface area contributed by atoms with Crippen LogP contribution in [0.25, 0.3) is 6.08 Å². The van der Waals surface area contributed by atoms with E-state index in [9.17, 15) is 9.90 Å². The Morgan fingerprint density at radius 2 is 1.93 bits per heavy atom. The molecule has 0 atom stereocenters. The van der Waals surface area contributed by atoms with Gasteiger partial charge in [0.25, 0.3) is 5.91 Å². The Kier molecular flexibility index (Phi) is 6.82. The van der Waals surface area contributed by atoms with Crippen molar-refractivity contribution in [2.45, 2.75) is 20.3 Å². The summed E-state index contributed by atoms with van der Waals surface area (Å²) in [5.74, 6) is 1.14. The van der Waals surface area contributed by atoms with Gasteiger partial charge in [-0.05, 0) is 73.1 Å². The van der Waals surface area contributed by atoms with Gasteiger partial charge in [0.1, 0.15) is 5.75 Å². The first-order valence-electron chi connectivity index (χ1n) is 9.45. The molecule has 0 radical (unpaired) electrons. The van der Waals surface area contributed by atoms with Crippen molar-refractivity contribution in [2.24, 2.45) is 4.99 Å². The largest absolute Gasteiger partial charge is 0.504 e. The zero-order valence-electron chi connectivity index (χ0n) is 16.7. The molecule has 0 aromatic heterocycles. The molecule has 1 aliphatic heterocycles. The summed E-state index contributed by atoms with van der Waals surface area (Å²) in [5.41, 5.74) is 1.53. The number of amides is 1. The Labute approximate surface area is 174 Å². The van der Waals surface area contributed by atoms with Crippen molar-refractivity contribution < 1.29 is 19.4 Å². The van der Waals surface area contributed by atoms with Crippen LogP contribution >= 0.6 is 11.8 Å². The van der Waals surface area contributed by atoms with Gasteiger partial charge < -0.3 is 14.6 Å². The molecule has 0 unspecified atom stereocenters. The molecule has 0 aliphatic carbocycles. The number of carbonyl (C=O) groups is 1. The van der Waals surface area contributed by atoms with Crippen LogP contribution in [-0.4, -0.2) is 41.3 Å². The van der Waals surface area contributed by atoms with Gasteiger partial charge in [0, 0.05) is 6.54 Å². The van der Waals surface area contributed by atoms with E-state index in [-0.39, 0.29) is 11.7 Å². The molecule has 0 saturated carbocycles. The second kappa shape index (κ2) is 9.52. The third kappa shape index (κ3) is 4.92. The molecule has 2 aromatic rings. The lowest BCUT2D eigenvalue weighted by Crippen LogP contribution is -2.29. The Morgan fingerprint density at radius 3 is 2.59 bits per heavy atom. The van der Waals surface area contributed by atoms with Crippen molar-refractivity contribution in [3.63, 3.8) is 0 Å². The molecular formula is C22H24N2O4S. The molecule has 0 spiro atoms. The number of methoxy groups -OCH3 is 1. The van der Waals surface area contributed by atoms with Crippen molar-refractivity contribution >= 4 is 34.6 Å².